The van der Waals surface area contributed by atoms with E-state index in [2.05, 4.69) is 5.32 Å². The summed E-state index contributed by atoms with van der Waals surface area (Å²) in [5, 5.41) is 3.11. The summed E-state index contributed by atoms with van der Waals surface area (Å²) >= 11 is 0. The first-order chi connectivity index (χ1) is 17.1. The number of nitrogens with zero attached hydrogens (tertiary/aromatic N) is 3. The van der Waals surface area contributed by atoms with Crippen molar-refractivity contribution in [2.45, 2.75) is 64.6 Å². The van der Waals surface area contributed by atoms with Gasteiger partial charge in [0.25, 0.3) is 0 Å². The molecule has 1 fully saturated rings. The number of hydrogen-bond acceptors (Lipinski definition) is 4. The third-order valence-electron chi connectivity index (χ3n) is 6.66. The number of amides is 2. The Labute approximate surface area is 215 Å². The second-order valence-electron chi connectivity index (χ2n) is 9.66. The van der Waals surface area contributed by atoms with Crippen LogP contribution in [0.3, 0.4) is 0 Å². The molecular weight excluding hydrogens is 476 g/mol. The first kappa shape index (κ1) is 27.7. The minimum atomic E-state index is -3.95. The van der Waals surface area contributed by atoms with Gasteiger partial charge in [0.15, 0.2) is 0 Å². The minimum Gasteiger partial charge on any atom is -0.352 e. The fourth-order valence-corrected chi connectivity index (χ4v) is 5.41. The average molecular weight is 515 g/mol. The molecule has 0 heterocycles. The summed E-state index contributed by atoms with van der Waals surface area (Å²) in [7, 11) is -1.09. The van der Waals surface area contributed by atoms with E-state index in [4.69, 9.17) is 0 Å². The number of nitrogens with one attached hydrogen (secondary N) is 1. The minimum absolute atomic E-state index is 0.111. The highest BCUT2D eigenvalue weighted by atomic mass is 32.2. The van der Waals surface area contributed by atoms with Gasteiger partial charge >= 0.3 is 10.2 Å². The summed E-state index contributed by atoms with van der Waals surface area (Å²) in [4.78, 5) is 28.4. The molecule has 1 saturated carbocycles. The molecule has 9 heteroatoms. The van der Waals surface area contributed by atoms with Crippen LogP contribution in [-0.4, -0.2) is 62.2 Å². The highest BCUT2D eigenvalue weighted by molar-refractivity contribution is 7.90. The summed E-state index contributed by atoms with van der Waals surface area (Å²) in [6, 6.07) is 15.6. The zero-order valence-electron chi connectivity index (χ0n) is 21.7. The molecule has 0 spiro atoms. The lowest BCUT2D eigenvalue weighted by molar-refractivity contribution is -0.139. The molecule has 0 bridgehead atoms. The van der Waals surface area contributed by atoms with Crippen LogP contribution in [0.5, 0.6) is 0 Å². The Hall–Kier alpha value is -2.91. The number of para-hydroxylation sites is 1. The van der Waals surface area contributed by atoms with Crippen molar-refractivity contribution in [2.75, 3.05) is 24.9 Å². The van der Waals surface area contributed by atoms with Crippen molar-refractivity contribution in [3.05, 3.63) is 65.7 Å². The van der Waals surface area contributed by atoms with Gasteiger partial charge < -0.3 is 10.2 Å². The van der Waals surface area contributed by atoms with Crippen LogP contribution in [0.1, 0.15) is 50.2 Å². The molecule has 2 amide bonds. The van der Waals surface area contributed by atoms with Gasteiger partial charge in [-0.3, -0.25) is 9.59 Å². The Bertz CT molecular complexity index is 1110. The third kappa shape index (κ3) is 7.07. The van der Waals surface area contributed by atoms with E-state index in [0.717, 1.165) is 45.4 Å². The third-order valence-corrected chi connectivity index (χ3v) is 8.48. The van der Waals surface area contributed by atoms with E-state index >= 15 is 0 Å². The Kier molecular flexibility index (Phi) is 9.50. The topological polar surface area (TPSA) is 90.0 Å². The fraction of sp³-hybridized carbons (Fsp3) is 0.481. The highest BCUT2D eigenvalue weighted by Crippen LogP contribution is 2.21. The van der Waals surface area contributed by atoms with Crippen LogP contribution in [0, 0.1) is 6.92 Å². The molecule has 3 rings (SSSR count). The molecule has 2 aromatic rings. The van der Waals surface area contributed by atoms with E-state index in [9.17, 15) is 18.0 Å². The SMILES string of the molecule is Cc1ccc(CN(C(=O)CN(c2ccccc2)S(=O)(=O)N(C)C)[C@H](C)C(=O)NC2CCCCC2)cc1. The molecule has 0 radical (unpaired) electrons. The maximum absolute atomic E-state index is 13.7. The van der Waals surface area contributed by atoms with Crippen molar-refractivity contribution >= 4 is 27.7 Å². The van der Waals surface area contributed by atoms with Crippen LogP contribution >= 0.6 is 0 Å². The largest absolute Gasteiger partial charge is 0.352 e. The van der Waals surface area contributed by atoms with E-state index in [-0.39, 0.29) is 18.5 Å². The Morgan fingerprint density at radius 3 is 2.17 bits per heavy atom. The van der Waals surface area contributed by atoms with E-state index in [1.807, 2.05) is 31.2 Å². The standard InChI is InChI=1S/C27H38N4O4S/c1-21-15-17-23(18-16-21)19-30(22(2)27(33)28-24-11-7-5-8-12-24)26(32)20-31(36(34,35)29(3)4)25-13-9-6-10-14-25/h6,9-10,13-18,22,24H,5,7-8,11-12,19-20H2,1-4H3,(H,28,33)/t22-/m1/s1. The van der Waals surface area contributed by atoms with Crippen LogP contribution in [0.2, 0.25) is 0 Å². The van der Waals surface area contributed by atoms with Crippen LogP contribution in [0.4, 0.5) is 5.69 Å². The van der Waals surface area contributed by atoms with Gasteiger partial charge in [0.1, 0.15) is 12.6 Å². The molecular formula is C27H38N4O4S. The molecule has 36 heavy (non-hydrogen) atoms. The first-order valence-corrected chi connectivity index (χ1v) is 13.9. The van der Waals surface area contributed by atoms with Gasteiger partial charge in [-0.25, -0.2) is 4.31 Å². The summed E-state index contributed by atoms with van der Waals surface area (Å²) in [6.07, 6.45) is 5.22. The summed E-state index contributed by atoms with van der Waals surface area (Å²) < 4.78 is 28.5. The number of rotatable bonds is 10. The van der Waals surface area contributed by atoms with E-state index < -0.39 is 28.7 Å². The van der Waals surface area contributed by atoms with Crippen molar-refractivity contribution in [2.24, 2.45) is 0 Å². The van der Waals surface area contributed by atoms with Gasteiger partial charge in [0.2, 0.25) is 11.8 Å². The van der Waals surface area contributed by atoms with E-state index in [0.29, 0.717) is 5.69 Å². The lowest BCUT2D eigenvalue weighted by Gasteiger charge is -2.34. The quantitative estimate of drug-likeness (QED) is 0.526. The van der Waals surface area contributed by atoms with Crippen molar-refractivity contribution in [1.29, 1.82) is 0 Å². The van der Waals surface area contributed by atoms with Gasteiger partial charge in [0.05, 0.1) is 5.69 Å². The van der Waals surface area contributed by atoms with Gasteiger partial charge in [-0.05, 0) is 44.4 Å². The Morgan fingerprint density at radius 1 is 0.972 bits per heavy atom. The van der Waals surface area contributed by atoms with E-state index in [1.165, 1.54) is 25.4 Å². The smallest absolute Gasteiger partial charge is 0.304 e. The molecule has 0 saturated heterocycles. The van der Waals surface area contributed by atoms with Crippen LogP contribution in [0.15, 0.2) is 54.6 Å². The molecule has 2 aromatic carbocycles. The number of benzene rings is 2. The van der Waals surface area contributed by atoms with Gasteiger partial charge in [0, 0.05) is 26.7 Å². The monoisotopic (exact) mass is 514 g/mol. The molecule has 0 aromatic heterocycles. The Balaban J connectivity index is 1.88. The summed E-state index contributed by atoms with van der Waals surface area (Å²) in [5.74, 6) is -0.666. The van der Waals surface area contributed by atoms with Crippen molar-refractivity contribution < 1.29 is 18.0 Å². The molecule has 8 nitrogen and oxygen atoms in total. The number of aryl methyl sites for hydroxylation is 1. The highest BCUT2D eigenvalue weighted by Gasteiger charge is 2.33. The van der Waals surface area contributed by atoms with Crippen LogP contribution in [0.25, 0.3) is 0 Å². The fourth-order valence-electron chi connectivity index (χ4n) is 4.35. The maximum atomic E-state index is 13.7. The molecule has 1 aliphatic carbocycles. The average Bonchev–Trinajstić information content (AvgIpc) is 2.87. The summed E-state index contributed by atoms with van der Waals surface area (Å²) in [6.45, 7) is 3.47. The normalized spacial score (nSPS) is 15.4. The molecule has 1 aliphatic rings. The zero-order valence-corrected chi connectivity index (χ0v) is 22.5. The van der Waals surface area contributed by atoms with Crippen molar-refractivity contribution in [1.82, 2.24) is 14.5 Å². The van der Waals surface area contributed by atoms with Crippen LogP contribution < -0.4 is 9.62 Å². The number of carbonyl (C=O) groups excluding carboxylic acids is 2. The lowest BCUT2D eigenvalue weighted by Crippen LogP contribution is -2.53. The Morgan fingerprint density at radius 2 is 1.58 bits per heavy atom. The second kappa shape index (κ2) is 12.4. The number of anilines is 1. The molecule has 196 valence electrons. The zero-order chi connectivity index (χ0) is 26.3. The summed E-state index contributed by atoms with van der Waals surface area (Å²) in [5.41, 5.74) is 2.34. The number of hydrogen-bond donors (Lipinski definition) is 1. The maximum Gasteiger partial charge on any atom is 0.304 e. The van der Waals surface area contributed by atoms with Gasteiger partial charge in [-0.1, -0.05) is 67.3 Å². The molecule has 1 atom stereocenters. The van der Waals surface area contributed by atoms with E-state index in [1.54, 1.807) is 37.3 Å². The van der Waals surface area contributed by atoms with Crippen molar-refractivity contribution in [3.8, 4) is 0 Å². The van der Waals surface area contributed by atoms with Crippen molar-refractivity contribution in [3.63, 3.8) is 0 Å². The molecule has 0 unspecified atom stereocenters. The predicted octanol–water partition coefficient (Wildman–Crippen LogP) is 3.47. The van der Waals surface area contributed by atoms with Gasteiger partial charge in [-0.2, -0.15) is 12.7 Å². The predicted molar refractivity (Wildman–Crippen MR) is 143 cm³/mol. The van der Waals surface area contributed by atoms with Gasteiger partial charge in [-0.15, -0.1) is 0 Å². The molecule has 0 aliphatic heterocycles. The molecule has 1 N–H and O–H groups in total. The number of carbonyl (C=O) groups is 2. The first-order valence-electron chi connectivity index (χ1n) is 12.5. The lowest BCUT2D eigenvalue weighted by atomic mass is 9.95. The second-order valence-corrected chi connectivity index (χ2v) is 11.7. The van der Waals surface area contributed by atoms with Crippen LogP contribution in [-0.2, 0) is 26.3 Å².